The van der Waals surface area contributed by atoms with Gasteiger partial charge in [0.2, 0.25) is 0 Å². The van der Waals surface area contributed by atoms with Crippen molar-refractivity contribution in [1.29, 1.82) is 0 Å². The molecule has 0 spiro atoms. The second kappa shape index (κ2) is 5.63. The minimum atomic E-state index is -0.545. The lowest BCUT2D eigenvalue weighted by Crippen LogP contribution is -2.07. The quantitative estimate of drug-likeness (QED) is 0.686. The number of benzene rings is 2. The van der Waals surface area contributed by atoms with Gasteiger partial charge in [0.05, 0.1) is 17.1 Å². The van der Waals surface area contributed by atoms with E-state index in [9.17, 15) is 9.18 Å². The van der Waals surface area contributed by atoms with E-state index in [0.29, 0.717) is 27.0 Å². The van der Waals surface area contributed by atoms with Crippen LogP contribution in [0.5, 0.6) is 5.75 Å². The second-order valence-electron chi connectivity index (χ2n) is 4.38. The predicted molar refractivity (Wildman–Crippen MR) is 79.7 cm³/mol. The number of nitrogens with two attached hydrogens (primary N) is 1. The van der Waals surface area contributed by atoms with E-state index in [2.05, 4.69) is 15.9 Å². The fourth-order valence-electron chi connectivity index (χ4n) is 1.93. The molecule has 3 nitrogen and oxygen atoms in total. The topological polar surface area (TPSA) is 52.3 Å². The van der Waals surface area contributed by atoms with Crippen molar-refractivity contribution >= 4 is 27.4 Å². The van der Waals surface area contributed by atoms with Crippen LogP contribution in [0, 0.1) is 12.7 Å². The molecule has 2 N–H and O–H groups in total. The minimum absolute atomic E-state index is 0.0282. The lowest BCUT2D eigenvalue weighted by molar-refractivity contribution is 0.103. The average molecular weight is 338 g/mol. The summed E-state index contributed by atoms with van der Waals surface area (Å²) in [5.41, 5.74) is 6.72. The van der Waals surface area contributed by atoms with Crippen molar-refractivity contribution in [3.8, 4) is 5.75 Å². The van der Waals surface area contributed by atoms with Crippen LogP contribution < -0.4 is 10.5 Å². The van der Waals surface area contributed by atoms with Crippen molar-refractivity contribution in [3.05, 3.63) is 57.3 Å². The van der Waals surface area contributed by atoms with Crippen LogP contribution >= 0.6 is 15.9 Å². The van der Waals surface area contributed by atoms with Gasteiger partial charge in [0, 0.05) is 11.3 Å². The monoisotopic (exact) mass is 337 g/mol. The van der Waals surface area contributed by atoms with Gasteiger partial charge in [-0.25, -0.2) is 4.39 Å². The molecular weight excluding hydrogens is 325 g/mol. The average Bonchev–Trinajstić information content (AvgIpc) is 2.42. The Balaban J connectivity index is 2.49. The van der Waals surface area contributed by atoms with Gasteiger partial charge in [-0.15, -0.1) is 0 Å². The van der Waals surface area contributed by atoms with Gasteiger partial charge in [-0.05, 0) is 58.7 Å². The lowest BCUT2D eigenvalue weighted by atomic mass is 10.00. The van der Waals surface area contributed by atoms with E-state index >= 15 is 0 Å². The van der Waals surface area contributed by atoms with Gasteiger partial charge < -0.3 is 10.5 Å². The molecule has 0 aliphatic carbocycles. The van der Waals surface area contributed by atoms with Crippen LogP contribution in [-0.2, 0) is 0 Å². The Bertz CT molecular complexity index is 686. The Morgan fingerprint density at radius 1 is 1.30 bits per heavy atom. The predicted octanol–water partition coefficient (Wildman–Crippen LogP) is 3.72. The maximum atomic E-state index is 14.1. The molecular formula is C15H13BrFNO2. The highest BCUT2D eigenvalue weighted by molar-refractivity contribution is 9.10. The van der Waals surface area contributed by atoms with Crippen LogP contribution in [-0.4, -0.2) is 12.9 Å². The van der Waals surface area contributed by atoms with Crippen molar-refractivity contribution in [2.24, 2.45) is 0 Å². The smallest absolute Gasteiger partial charge is 0.196 e. The highest BCUT2D eigenvalue weighted by Crippen LogP contribution is 2.27. The summed E-state index contributed by atoms with van der Waals surface area (Å²) in [6.45, 7) is 1.58. The summed E-state index contributed by atoms with van der Waals surface area (Å²) in [6, 6.07) is 7.68. The van der Waals surface area contributed by atoms with Crippen molar-refractivity contribution in [2.45, 2.75) is 6.92 Å². The first-order valence-corrected chi connectivity index (χ1v) is 6.67. The van der Waals surface area contributed by atoms with E-state index in [1.807, 2.05) is 0 Å². The van der Waals surface area contributed by atoms with E-state index in [0.717, 1.165) is 0 Å². The van der Waals surface area contributed by atoms with E-state index in [4.69, 9.17) is 10.5 Å². The largest absolute Gasteiger partial charge is 0.496 e. The fraction of sp³-hybridized carbons (Fsp3) is 0.133. The summed E-state index contributed by atoms with van der Waals surface area (Å²) in [6.07, 6.45) is 0. The minimum Gasteiger partial charge on any atom is -0.496 e. The number of ketones is 1. The summed E-state index contributed by atoms with van der Waals surface area (Å²) >= 11 is 3.30. The molecule has 0 fully saturated rings. The number of ether oxygens (including phenoxy) is 1. The fourth-order valence-corrected chi connectivity index (χ4v) is 2.47. The summed E-state index contributed by atoms with van der Waals surface area (Å²) in [4.78, 5) is 12.4. The van der Waals surface area contributed by atoms with Gasteiger partial charge in [-0.2, -0.15) is 0 Å². The molecule has 0 aliphatic rings. The number of nitrogen functional groups attached to an aromatic ring is 1. The zero-order chi connectivity index (χ0) is 14.9. The molecule has 0 saturated carbocycles. The van der Waals surface area contributed by atoms with E-state index < -0.39 is 11.6 Å². The van der Waals surface area contributed by atoms with Gasteiger partial charge in [0.1, 0.15) is 11.6 Å². The van der Waals surface area contributed by atoms with Crippen LogP contribution in [0.3, 0.4) is 0 Å². The molecule has 2 aromatic rings. The van der Waals surface area contributed by atoms with Gasteiger partial charge in [-0.1, -0.05) is 0 Å². The van der Waals surface area contributed by atoms with Crippen LogP contribution in [0.1, 0.15) is 21.5 Å². The second-order valence-corrected chi connectivity index (χ2v) is 5.23. The Morgan fingerprint density at radius 2 is 2.00 bits per heavy atom. The third kappa shape index (κ3) is 2.67. The van der Waals surface area contributed by atoms with Crippen molar-refractivity contribution < 1.29 is 13.9 Å². The Labute approximate surface area is 124 Å². The van der Waals surface area contributed by atoms with Crippen LogP contribution in [0.25, 0.3) is 0 Å². The van der Waals surface area contributed by atoms with Crippen LogP contribution in [0.4, 0.5) is 10.1 Å². The summed E-state index contributed by atoms with van der Waals surface area (Å²) in [5.74, 6) is -0.358. The molecule has 20 heavy (non-hydrogen) atoms. The first-order chi connectivity index (χ1) is 9.43. The molecule has 2 aromatic carbocycles. The number of aryl methyl sites for hydroxylation is 1. The van der Waals surface area contributed by atoms with Crippen molar-refractivity contribution in [1.82, 2.24) is 0 Å². The zero-order valence-corrected chi connectivity index (χ0v) is 12.6. The highest BCUT2D eigenvalue weighted by atomic mass is 79.9. The summed E-state index contributed by atoms with van der Waals surface area (Å²) in [5, 5.41) is 0. The molecule has 0 saturated heterocycles. The Hall–Kier alpha value is -1.88. The molecule has 2 rings (SSSR count). The number of anilines is 1. The number of halogens is 2. The van der Waals surface area contributed by atoms with Crippen molar-refractivity contribution in [3.63, 3.8) is 0 Å². The molecule has 0 aromatic heterocycles. The third-order valence-electron chi connectivity index (χ3n) is 2.94. The maximum Gasteiger partial charge on any atom is 0.196 e. The molecule has 0 amide bonds. The molecule has 0 atom stereocenters. The van der Waals surface area contributed by atoms with Gasteiger partial charge in [0.25, 0.3) is 0 Å². The molecule has 0 bridgehead atoms. The van der Waals surface area contributed by atoms with E-state index in [1.54, 1.807) is 25.1 Å². The summed E-state index contributed by atoms with van der Waals surface area (Å²) in [7, 11) is 1.53. The Morgan fingerprint density at radius 3 is 2.60 bits per heavy atom. The van der Waals surface area contributed by atoms with Crippen LogP contribution in [0.15, 0.2) is 34.8 Å². The zero-order valence-electron chi connectivity index (χ0n) is 11.0. The molecule has 0 unspecified atom stereocenters. The van der Waals surface area contributed by atoms with Gasteiger partial charge in [0.15, 0.2) is 5.78 Å². The number of rotatable bonds is 3. The summed E-state index contributed by atoms with van der Waals surface area (Å²) < 4.78 is 19.8. The van der Waals surface area contributed by atoms with Gasteiger partial charge >= 0.3 is 0 Å². The van der Waals surface area contributed by atoms with E-state index in [-0.39, 0.29) is 5.56 Å². The standard InChI is InChI=1S/C15H13BrFNO2/c1-8-5-10(18)7-11(14(8)17)15(19)9-3-4-13(20-2)12(16)6-9/h3-7H,18H2,1-2H3. The number of carbonyl (C=O) groups excluding carboxylic acids is 1. The Kier molecular flexibility index (Phi) is 4.09. The van der Waals surface area contributed by atoms with Gasteiger partial charge in [-0.3, -0.25) is 4.79 Å². The molecule has 0 aliphatic heterocycles. The molecule has 104 valence electrons. The first-order valence-electron chi connectivity index (χ1n) is 5.88. The highest BCUT2D eigenvalue weighted by Gasteiger charge is 2.17. The number of hydrogen-bond acceptors (Lipinski definition) is 3. The third-order valence-corrected chi connectivity index (χ3v) is 3.56. The van der Waals surface area contributed by atoms with Crippen molar-refractivity contribution in [2.75, 3.05) is 12.8 Å². The molecule has 0 heterocycles. The van der Waals surface area contributed by atoms with E-state index in [1.165, 1.54) is 19.2 Å². The first kappa shape index (κ1) is 14.5. The molecule has 5 heteroatoms. The SMILES string of the molecule is COc1ccc(C(=O)c2cc(N)cc(C)c2F)cc1Br. The maximum absolute atomic E-state index is 14.1. The van der Waals surface area contributed by atoms with Crippen LogP contribution in [0.2, 0.25) is 0 Å². The number of methoxy groups -OCH3 is 1. The number of hydrogen-bond donors (Lipinski definition) is 1. The molecule has 0 radical (unpaired) electrons. The number of carbonyl (C=O) groups is 1. The normalized spacial score (nSPS) is 10.4. The lowest BCUT2D eigenvalue weighted by Gasteiger charge is -2.09.